The fraction of sp³-hybridized carbons (Fsp3) is 0.385. The lowest BCUT2D eigenvalue weighted by Gasteiger charge is -2.10. The number of rotatable bonds is 5. The molecule has 2 aromatic rings. The molecule has 1 aromatic heterocycles. The molecule has 0 fully saturated rings. The number of nitrogens with zero attached hydrogens (tertiary/aromatic N) is 1. The third-order valence-corrected chi connectivity index (χ3v) is 5.50. The van der Waals surface area contributed by atoms with Gasteiger partial charge in [0.15, 0.2) is 4.34 Å². The van der Waals surface area contributed by atoms with Crippen LogP contribution in [0.25, 0.3) is 10.2 Å². The van der Waals surface area contributed by atoms with E-state index < -0.39 is 10.8 Å². The molecule has 3 N–H and O–H groups in total. The van der Waals surface area contributed by atoms with Crippen molar-refractivity contribution in [2.24, 2.45) is 0 Å². The third kappa shape index (κ3) is 3.55. The number of nitrogens with one attached hydrogen (secondary N) is 1. The Hall–Kier alpha value is -1.47. The van der Waals surface area contributed by atoms with Gasteiger partial charge >= 0.3 is 0 Å². The zero-order chi connectivity index (χ0) is 14.7. The van der Waals surface area contributed by atoms with Crippen molar-refractivity contribution in [3.8, 4) is 0 Å². The van der Waals surface area contributed by atoms with Crippen LogP contribution in [0.1, 0.15) is 20.3 Å². The second-order valence-electron chi connectivity index (χ2n) is 4.57. The highest BCUT2D eigenvalue weighted by Crippen LogP contribution is 2.26. The predicted octanol–water partition coefficient (Wildman–Crippen LogP) is 1.90. The molecule has 0 radical (unpaired) electrons. The van der Waals surface area contributed by atoms with Crippen LogP contribution in [-0.2, 0) is 15.6 Å². The normalized spacial score (nSPS) is 14.1. The van der Waals surface area contributed by atoms with Crippen molar-refractivity contribution in [2.45, 2.75) is 30.6 Å². The molecule has 0 aliphatic rings. The minimum atomic E-state index is -1.42. The molecule has 0 bridgehead atoms. The number of hydrogen-bond donors (Lipinski definition) is 2. The van der Waals surface area contributed by atoms with Gasteiger partial charge in [0.25, 0.3) is 0 Å². The van der Waals surface area contributed by atoms with Crippen molar-refractivity contribution >= 4 is 43.9 Å². The van der Waals surface area contributed by atoms with E-state index in [0.29, 0.717) is 10.0 Å². The van der Waals surface area contributed by atoms with E-state index in [0.717, 1.165) is 16.6 Å². The summed E-state index contributed by atoms with van der Waals surface area (Å²) in [6.45, 7) is 3.90. The second kappa shape index (κ2) is 6.32. The number of carbonyl (C=O) groups excluding carboxylic acids is 1. The molecule has 0 saturated carbocycles. The van der Waals surface area contributed by atoms with Crippen molar-refractivity contribution in [3.63, 3.8) is 0 Å². The van der Waals surface area contributed by atoms with Gasteiger partial charge in [0, 0.05) is 11.7 Å². The lowest BCUT2D eigenvalue weighted by Crippen LogP contribution is -2.35. The standard InChI is InChI=1S/C13H17N3O2S2/c1-3-8(2)15-12(17)7-20(18)13-16-10-5-4-9(14)6-11(10)19-13/h4-6,8H,3,7,14H2,1-2H3,(H,15,17). The Bertz CT molecular complexity index is 654. The van der Waals surface area contributed by atoms with Crippen LogP contribution in [0.5, 0.6) is 0 Å². The molecule has 2 atom stereocenters. The first-order valence-electron chi connectivity index (χ1n) is 6.33. The minimum absolute atomic E-state index is 0.0559. The minimum Gasteiger partial charge on any atom is -0.399 e. The van der Waals surface area contributed by atoms with Gasteiger partial charge in [-0.25, -0.2) is 4.98 Å². The van der Waals surface area contributed by atoms with Crippen LogP contribution >= 0.6 is 11.3 Å². The lowest BCUT2D eigenvalue weighted by atomic mass is 10.3. The summed E-state index contributed by atoms with van der Waals surface area (Å²) in [6, 6.07) is 5.44. The van der Waals surface area contributed by atoms with Crippen LogP contribution in [0, 0.1) is 0 Å². The number of anilines is 1. The fourth-order valence-electron chi connectivity index (χ4n) is 1.62. The quantitative estimate of drug-likeness (QED) is 0.826. The highest BCUT2D eigenvalue weighted by molar-refractivity contribution is 7.88. The molecule has 0 saturated heterocycles. The molecule has 1 heterocycles. The average molecular weight is 311 g/mol. The molecule has 2 unspecified atom stereocenters. The van der Waals surface area contributed by atoms with Crippen molar-refractivity contribution < 1.29 is 9.00 Å². The summed E-state index contributed by atoms with van der Waals surface area (Å²) in [6.07, 6.45) is 0.846. The van der Waals surface area contributed by atoms with Gasteiger partial charge in [-0.05, 0) is 31.5 Å². The van der Waals surface area contributed by atoms with Gasteiger partial charge in [-0.2, -0.15) is 0 Å². The molecule has 2 rings (SSSR count). The van der Waals surface area contributed by atoms with Crippen LogP contribution in [0.4, 0.5) is 5.69 Å². The summed E-state index contributed by atoms with van der Waals surface area (Å²) in [4.78, 5) is 16.0. The zero-order valence-electron chi connectivity index (χ0n) is 11.4. The van der Waals surface area contributed by atoms with Gasteiger partial charge in [-0.3, -0.25) is 9.00 Å². The smallest absolute Gasteiger partial charge is 0.233 e. The summed E-state index contributed by atoms with van der Waals surface area (Å²) < 4.78 is 13.5. The van der Waals surface area contributed by atoms with E-state index in [1.54, 1.807) is 18.2 Å². The molecule has 1 aromatic carbocycles. The predicted molar refractivity (Wildman–Crippen MR) is 83.2 cm³/mol. The van der Waals surface area contributed by atoms with E-state index in [-0.39, 0.29) is 17.7 Å². The van der Waals surface area contributed by atoms with Crippen LogP contribution in [0.2, 0.25) is 0 Å². The highest BCUT2D eigenvalue weighted by atomic mass is 32.2. The number of thiazole rings is 1. The van der Waals surface area contributed by atoms with Crippen molar-refractivity contribution in [2.75, 3.05) is 11.5 Å². The number of carbonyl (C=O) groups is 1. The number of nitrogen functional groups attached to an aromatic ring is 1. The van der Waals surface area contributed by atoms with Crippen molar-refractivity contribution in [1.29, 1.82) is 0 Å². The summed E-state index contributed by atoms with van der Waals surface area (Å²) in [5.74, 6) is -0.268. The molecule has 0 aliphatic carbocycles. The van der Waals surface area contributed by atoms with Gasteiger partial charge in [-0.1, -0.05) is 6.92 Å². The lowest BCUT2D eigenvalue weighted by molar-refractivity contribution is -0.119. The van der Waals surface area contributed by atoms with Crippen molar-refractivity contribution in [3.05, 3.63) is 18.2 Å². The summed E-state index contributed by atoms with van der Waals surface area (Å²) in [5, 5.41) is 2.80. The Balaban J connectivity index is 2.09. The molecule has 0 aliphatic heterocycles. The van der Waals surface area contributed by atoms with E-state index in [9.17, 15) is 9.00 Å². The van der Waals surface area contributed by atoms with E-state index in [2.05, 4.69) is 10.3 Å². The van der Waals surface area contributed by atoms with Gasteiger partial charge in [0.2, 0.25) is 5.91 Å². The number of benzene rings is 1. The SMILES string of the molecule is CCC(C)NC(=O)CS(=O)c1nc2ccc(N)cc2s1. The average Bonchev–Trinajstić information content (AvgIpc) is 2.81. The number of amides is 1. The Morgan fingerprint density at radius 3 is 3.00 bits per heavy atom. The first-order chi connectivity index (χ1) is 9.49. The zero-order valence-corrected chi connectivity index (χ0v) is 13.0. The van der Waals surface area contributed by atoms with Gasteiger partial charge < -0.3 is 11.1 Å². The van der Waals surface area contributed by atoms with Gasteiger partial charge in [0.1, 0.15) is 5.75 Å². The summed E-state index contributed by atoms with van der Waals surface area (Å²) in [5.41, 5.74) is 7.10. The monoisotopic (exact) mass is 311 g/mol. The Morgan fingerprint density at radius 1 is 1.55 bits per heavy atom. The maximum Gasteiger partial charge on any atom is 0.233 e. The topological polar surface area (TPSA) is 85.1 Å². The molecule has 108 valence electrons. The Morgan fingerprint density at radius 2 is 2.30 bits per heavy atom. The summed E-state index contributed by atoms with van der Waals surface area (Å²) in [7, 11) is -1.42. The fourth-order valence-corrected chi connectivity index (χ4v) is 3.83. The Labute approximate surface area is 124 Å². The molecular weight excluding hydrogens is 294 g/mol. The van der Waals surface area contributed by atoms with Crippen LogP contribution in [-0.4, -0.2) is 26.9 Å². The third-order valence-electron chi connectivity index (χ3n) is 2.87. The molecule has 1 amide bonds. The molecule has 7 heteroatoms. The second-order valence-corrected chi connectivity index (χ2v) is 7.23. The van der Waals surface area contributed by atoms with E-state index in [1.807, 2.05) is 13.8 Å². The first kappa shape index (κ1) is 14.9. The van der Waals surface area contributed by atoms with Gasteiger partial charge in [0.05, 0.1) is 21.0 Å². The molecule has 5 nitrogen and oxygen atoms in total. The summed E-state index contributed by atoms with van der Waals surface area (Å²) >= 11 is 1.31. The maximum absolute atomic E-state index is 12.1. The first-order valence-corrected chi connectivity index (χ1v) is 8.47. The molecular formula is C13H17N3O2S2. The maximum atomic E-state index is 12.1. The molecule has 0 spiro atoms. The van der Waals surface area contributed by atoms with Crippen molar-refractivity contribution in [1.82, 2.24) is 10.3 Å². The van der Waals surface area contributed by atoms with E-state index >= 15 is 0 Å². The van der Waals surface area contributed by atoms with Crippen LogP contribution < -0.4 is 11.1 Å². The molecule has 20 heavy (non-hydrogen) atoms. The number of nitrogens with two attached hydrogens (primary N) is 1. The van der Waals surface area contributed by atoms with E-state index in [4.69, 9.17) is 5.73 Å². The van der Waals surface area contributed by atoms with Gasteiger partial charge in [-0.15, -0.1) is 11.3 Å². The number of aromatic nitrogens is 1. The number of fused-ring (bicyclic) bond motifs is 1. The Kier molecular flexibility index (Phi) is 4.72. The highest BCUT2D eigenvalue weighted by Gasteiger charge is 2.15. The van der Waals surface area contributed by atoms with E-state index in [1.165, 1.54) is 11.3 Å². The van der Waals surface area contributed by atoms with Crippen LogP contribution in [0.15, 0.2) is 22.5 Å². The largest absolute Gasteiger partial charge is 0.399 e. The van der Waals surface area contributed by atoms with Crippen LogP contribution in [0.3, 0.4) is 0 Å². The number of hydrogen-bond acceptors (Lipinski definition) is 5.